The Labute approximate surface area is 124 Å². The number of nitrogens with two attached hydrogens (primary N) is 1. The summed E-state index contributed by atoms with van der Waals surface area (Å²) < 4.78 is 5.81. The number of ether oxygens (including phenoxy) is 1. The minimum atomic E-state index is -0.0716. The smallest absolute Gasteiger partial charge is 0.120 e. The van der Waals surface area contributed by atoms with Crippen LogP contribution in [-0.4, -0.2) is 6.10 Å². The molecule has 0 spiro atoms. The van der Waals surface area contributed by atoms with E-state index < -0.39 is 0 Å². The second-order valence-electron chi connectivity index (χ2n) is 5.29. The predicted molar refractivity (Wildman–Crippen MR) is 82.2 cm³/mol. The molecule has 0 heterocycles. The summed E-state index contributed by atoms with van der Waals surface area (Å²) in [6, 6.07) is 15.8. The molecule has 2 nitrogen and oxygen atoms in total. The molecule has 3 rings (SSSR count). The van der Waals surface area contributed by atoms with Crippen LogP contribution >= 0.6 is 11.6 Å². The van der Waals surface area contributed by atoms with Crippen LogP contribution in [0.3, 0.4) is 0 Å². The molecular weight excluding hydrogens is 270 g/mol. The highest BCUT2D eigenvalue weighted by molar-refractivity contribution is 6.31. The summed E-state index contributed by atoms with van der Waals surface area (Å²) >= 11 is 6.18. The maximum absolute atomic E-state index is 6.30. The number of hydrogen-bond donors (Lipinski definition) is 1. The summed E-state index contributed by atoms with van der Waals surface area (Å²) in [5, 5.41) is 0.772. The van der Waals surface area contributed by atoms with Crippen molar-refractivity contribution >= 4 is 11.6 Å². The van der Waals surface area contributed by atoms with Gasteiger partial charge >= 0.3 is 0 Å². The van der Waals surface area contributed by atoms with Crippen LogP contribution in [0.5, 0.6) is 5.75 Å². The Morgan fingerprint density at radius 1 is 1.15 bits per heavy atom. The van der Waals surface area contributed by atoms with Gasteiger partial charge in [-0.3, -0.25) is 0 Å². The molecule has 104 valence electrons. The minimum Gasteiger partial charge on any atom is -0.490 e. The van der Waals surface area contributed by atoms with E-state index in [-0.39, 0.29) is 6.04 Å². The van der Waals surface area contributed by atoms with Gasteiger partial charge in [0.15, 0.2) is 0 Å². The molecule has 1 saturated carbocycles. The van der Waals surface area contributed by atoms with Crippen molar-refractivity contribution in [3.05, 3.63) is 64.7 Å². The summed E-state index contributed by atoms with van der Waals surface area (Å²) in [7, 11) is 0. The molecule has 2 aromatic rings. The quantitative estimate of drug-likeness (QED) is 0.897. The van der Waals surface area contributed by atoms with Crippen LogP contribution in [0.2, 0.25) is 5.02 Å². The molecule has 0 aromatic heterocycles. The highest BCUT2D eigenvalue weighted by atomic mass is 35.5. The fraction of sp³-hybridized carbons (Fsp3) is 0.294. The zero-order valence-corrected chi connectivity index (χ0v) is 12.0. The van der Waals surface area contributed by atoms with Gasteiger partial charge in [0.2, 0.25) is 0 Å². The van der Waals surface area contributed by atoms with Gasteiger partial charge in [0, 0.05) is 11.1 Å². The lowest BCUT2D eigenvalue weighted by Gasteiger charge is -2.14. The second kappa shape index (κ2) is 5.86. The summed E-state index contributed by atoms with van der Waals surface area (Å²) in [5.41, 5.74) is 8.46. The van der Waals surface area contributed by atoms with Crippen LogP contribution < -0.4 is 10.5 Å². The van der Waals surface area contributed by atoms with Crippen LogP contribution in [0.4, 0.5) is 0 Å². The van der Waals surface area contributed by atoms with E-state index >= 15 is 0 Å². The summed E-state index contributed by atoms with van der Waals surface area (Å²) in [5.74, 6) is 0.916. The van der Waals surface area contributed by atoms with E-state index in [0.29, 0.717) is 6.10 Å². The van der Waals surface area contributed by atoms with Crippen molar-refractivity contribution in [1.82, 2.24) is 0 Å². The molecule has 0 saturated heterocycles. The molecule has 20 heavy (non-hydrogen) atoms. The van der Waals surface area contributed by atoms with Crippen molar-refractivity contribution < 1.29 is 4.74 Å². The average molecular weight is 288 g/mol. The van der Waals surface area contributed by atoms with Gasteiger partial charge in [-0.05, 0) is 48.6 Å². The van der Waals surface area contributed by atoms with Gasteiger partial charge in [-0.1, -0.05) is 41.9 Å². The van der Waals surface area contributed by atoms with E-state index in [0.717, 1.165) is 41.2 Å². The van der Waals surface area contributed by atoms with Crippen LogP contribution in [-0.2, 0) is 6.42 Å². The standard InChI is InChI=1S/C17H18ClNO/c18-16-7-2-1-4-12(16)11-17(19)13-5-3-6-15(10-13)20-14-8-9-14/h1-7,10,14,17H,8-9,11,19H2. The third kappa shape index (κ3) is 3.33. The highest BCUT2D eigenvalue weighted by Gasteiger charge is 2.23. The zero-order valence-electron chi connectivity index (χ0n) is 11.3. The first kappa shape index (κ1) is 13.5. The first-order chi connectivity index (χ1) is 9.72. The van der Waals surface area contributed by atoms with Crippen LogP contribution in [0.1, 0.15) is 30.0 Å². The second-order valence-corrected chi connectivity index (χ2v) is 5.70. The van der Waals surface area contributed by atoms with Crippen LogP contribution in [0, 0.1) is 0 Å². The number of benzene rings is 2. The summed E-state index contributed by atoms with van der Waals surface area (Å²) in [6.07, 6.45) is 3.46. The first-order valence-corrected chi connectivity index (χ1v) is 7.36. The minimum absolute atomic E-state index is 0.0716. The predicted octanol–water partition coefficient (Wildman–Crippen LogP) is 4.12. The van der Waals surface area contributed by atoms with Gasteiger partial charge in [-0.2, -0.15) is 0 Å². The molecule has 1 unspecified atom stereocenters. The monoisotopic (exact) mass is 287 g/mol. The lowest BCUT2D eigenvalue weighted by molar-refractivity contribution is 0.302. The molecule has 0 radical (unpaired) electrons. The third-order valence-electron chi connectivity index (χ3n) is 3.51. The van der Waals surface area contributed by atoms with Crippen LogP contribution in [0.25, 0.3) is 0 Å². The fourth-order valence-electron chi connectivity index (χ4n) is 2.22. The largest absolute Gasteiger partial charge is 0.490 e. The van der Waals surface area contributed by atoms with E-state index in [1.807, 2.05) is 48.5 Å². The molecule has 0 aliphatic heterocycles. The Morgan fingerprint density at radius 2 is 1.95 bits per heavy atom. The summed E-state index contributed by atoms with van der Waals surface area (Å²) in [6.45, 7) is 0. The Balaban J connectivity index is 1.72. The van der Waals surface area contributed by atoms with Gasteiger partial charge in [-0.15, -0.1) is 0 Å². The molecule has 2 aromatic carbocycles. The fourth-order valence-corrected chi connectivity index (χ4v) is 2.43. The van der Waals surface area contributed by atoms with Crippen molar-refractivity contribution in [3.63, 3.8) is 0 Å². The van der Waals surface area contributed by atoms with E-state index in [2.05, 4.69) is 0 Å². The van der Waals surface area contributed by atoms with E-state index in [1.165, 1.54) is 0 Å². The molecule has 1 aliphatic carbocycles. The zero-order chi connectivity index (χ0) is 13.9. The Hall–Kier alpha value is -1.51. The Bertz CT molecular complexity index is 595. The van der Waals surface area contributed by atoms with Crippen molar-refractivity contribution in [1.29, 1.82) is 0 Å². The molecule has 2 N–H and O–H groups in total. The maximum atomic E-state index is 6.30. The maximum Gasteiger partial charge on any atom is 0.120 e. The highest BCUT2D eigenvalue weighted by Crippen LogP contribution is 2.29. The van der Waals surface area contributed by atoms with Crippen LogP contribution in [0.15, 0.2) is 48.5 Å². The molecule has 0 bridgehead atoms. The van der Waals surface area contributed by atoms with Crippen molar-refractivity contribution in [2.75, 3.05) is 0 Å². The van der Waals surface area contributed by atoms with Crippen molar-refractivity contribution in [3.8, 4) is 5.75 Å². The van der Waals surface area contributed by atoms with Gasteiger partial charge in [0.25, 0.3) is 0 Å². The molecule has 1 aliphatic rings. The van der Waals surface area contributed by atoms with Gasteiger partial charge in [-0.25, -0.2) is 0 Å². The lowest BCUT2D eigenvalue weighted by atomic mass is 9.99. The molecule has 0 amide bonds. The normalized spacial score (nSPS) is 15.9. The Kier molecular flexibility index (Phi) is 3.95. The van der Waals surface area contributed by atoms with Crippen molar-refractivity contribution in [2.24, 2.45) is 5.73 Å². The van der Waals surface area contributed by atoms with Gasteiger partial charge in [0.05, 0.1) is 6.10 Å². The van der Waals surface area contributed by atoms with E-state index in [9.17, 15) is 0 Å². The molecule has 1 atom stereocenters. The van der Waals surface area contributed by atoms with Gasteiger partial charge < -0.3 is 10.5 Å². The lowest BCUT2D eigenvalue weighted by Crippen LogP contribution is -2.13. The Morgan fingerprint density at radius 3 is 2.70 bits per heavy atom. The van der Waals surface area contributed by atoms with Crippen molar-refractivity contribution in [2.45, 2.75) is 31.4 Å². The molecule has 1 fully saturated rings. The van der Waals surface area contributed by atoms with E-state index in [1.54, 1.807) is 0 Å². The third-order valence-corrected chi connectivity index (χ3v) is 3.88. The first-order valence-electron chi connectivity index (χ1n) is 6.98. The number of halogens is 1. The molecule has 3 heteroatoms. The number of rotatable bonds is 5. The van der Waals surface area contributed by atoms with E-state index in [4.69, 9.17) is 22.1 Å². The molecular formula is C17H18ClNO. The number of hydrogen-bond acceptors (Lipinski definition) is 2. The SMILES string of the molecule is NC(Cc1ccccc1Cl)c1cccc(OC2CC2)c1. The summed E-state index contributed by atoms with van der Waals surface area (Å²) in [4.78, 5) is 0. The average Bonchev–Trinajstić information content (AvgIpc) is 3.25. The topological polar surface area (TPSA) is 35.2 Å². The van der Waals surface area contributed by atoms with Gasteiger partial charge in [0.1, 0.15) is 5.75 Å².